The molecule has 0 aliphatic heterocycles. The fourth-order valence-electron chi connectivity index (χ4n) is 2.45. The monoisotopic (exact) mass is 287 g/mol. The fraction of sp³-hybridized carbons (Fsp3) is 0.235. The molecule has 0 saturated heterocycles. The molecule has 2 aromatic carbocycles. The molecule has 2 aromatic rings. The molecular formula is C17H18FNO2. The average molecular weight is 287 g/mol. The van der Waals surface area contributed by atoms with E-state index in [1.807, 2.05) is 13.0 Å². The first-order valence-corrected chi connectivity index (χ1v) is 6.92. The number of hydrogen-bond acceptors (Lipinski definition) is 2. The van der Waals surface area contributed by atoms with E-state index in [4.69, 9.17) is 0 Å². The van der Waals surface area contributed by atoms with Crippen LogP contribution in [0, 0.1) is 5.82 Å². The third-order valence-corrected chi connectivity index (χ3v) is 3.48. The number of aliphatic carboxylic acids is 1. The Morgan fingerprint density at radius 1 is 1.14 bits per heavy atom. The number of carboxylic acids is 1. The van der Waals surface area contributed by atoms with E-state index in [0.29, 0.717) is 18.4 Å². The Hall–Kier alpha value is -2.36. The third-order valence-electron chi connectivity index (χ3n) is 3.48. The molecule has 0 spiro atoms. The summed E-state index contributed by atoms with van der Waals surface area (Å²) in [4.78, 5) is 11.9. The summed E-state index contributed by atoms with van der Waals surface area (Å²) in [6.07, 6.45) is 1.02. The summed E-state index contributed by atoms with van der Waals surface area (Å²) in [6.45, 7) is 1.91. The van der Waals surface area contributed by atoms with Crippen molar-refractivity contribution in [1.29, 1.82) is 0 Å². The predicted molar refractivity (Wildman–Crippen MR) is 80.7 cm³/mol. The number of anilines is 1. The maximum absolute atomic E-state index is 13.9. The summed E-state index contributed by atoms with van der Waals surface area (Å²) < 4.78 is 13.9. The van der Waals surface area contributed by atoms with Crippen LogP contribution in [-0.2, 0) is 10.3 Å². The van der Waals surface area contributed by atoms with Crippen LogP contribution in [0.5, 0.6) is 0 Å². The molecule has 0 radical (unpaired) electrons. The maximum atomic E-state index is 13.9. The number of hydrogen-bond donors (Lipinski definition) is 2. The zero-order valence-electron chi connectivity index (χ0n) is 11.8. The number of benzene rings is 2. The van der Waals surface area contributed by atoms with Crippen molar-refractivity contribution in [3.05, 3.63) is 66.0 Å². The molecule has 0 aliphatic carbocycles. The Kier molecular flexibility index (Phi) is 4.58. The topological polar surface area (TPSA) is 49.3 Å². The van der Waals surface area contributed by atoms with Gasteiger partial charge >= 0.3 is 5.97 Å². The highest BCUT2D eigenvalue weighted by atomic mass is 19.1. The van der Waals surface area contributed by atoms with E-state index >= 15 is 0 Å². The van der Waals surface area contributed by atoms with Gasteiger partial charge in [0.25, 0.3) is 0 Å². The van der Waals surface area contributed by atoms with Gasteiger partial charge in [-0.2, -0.15) is 0 Å². The highest BCUT2D eigenvalue weighted by Gasteiger charge is 2.40. The van der Waals surface area contributed by atoms with E-state index in [1.165, 1.54) is 6.07 Å². The van der Waals surface area contributed by atoms with Crippen LogP contribution < -0.4 is 5.32 Å². The second-order valence-electron chi connectivity index (χ2n) is 4.93. The minimum absolute atomic E-state index is 0.192. The number of carbonyl (C=O) groups is 1. The number of carboxylic acid groups (broad SMARTS) is 1. The van der Waals surface area contributed by atoms with E-state index in [2.05, 4.69) is 5.32 Å². The van der Waals surface area contributed by atoms with E-state index in [1.54, 1.807) is 42.5 Å². The summed E-state index contributed by atoms with van der Waals surface area (Å²) in [5.74, 6) is -1.48. The second kappa shape index (κ2) is 6.39. The fourth-order valence-corrected chi connectivity index (χ4v) is 2.45. The van der Waals surface area contributed by atoms with Crippen LogP contribution in [0.1, 0.15) is 25.3 Å². The molecule has 1 atom stereocenters. The van der Waals surface area contributed by atoms with Crippen molar-refractivity contribution in [3.63, 3.8) is 0 Å². The molecule has 21 heavy (non-hydrogen) atoms. The van der Waals surface area contributed by atoms with E-state index < -0.39 is 17.3 Å². The molecule has 1 unspecified atom stereocenters. The number of halogens is 1. The highest BCUT2D eigenvalue weighted by Crippen LogP contribution is 2.32. The van der Waals surface area contributed by atoms with Gasteiger partial charge in [-0.3, -0.25) is 0 Å². The molecule has 0 fully saturated rings. The predicted octanol–water partition coefficient (Wildman–Crippen LogP) is 4.02. The summed E-state index contributed by atoms with van der Waals surface area (Å²) in [7, 11) is 0. The Labute approximate surface area is 123 Å². The van der Waals surface area contributed by atoms with Crippen LogP contribution >= 0.6 is 0 Å². The number of para-hydroxylation sites is 1. The first-order valence-electron chi connectivity index (χ1n) is 6.92. The lowest BCUT2D eigenvalue weighted by atomic mass is 9.85. The van der Waals surface area contributed by atoms with Gasteiger partial charge in [0.1, 0.15) is 5.82 Å². The molecule has 3 nitrogen and oxygen atoms in total. The molecule has 2 N–H and O–H groups in total. The SMILES string of the molecule is CCCC(Nc1ccccc1F)(C(=O)O)c1ccccc1. The average Bonchev–Trinajstić information content (AvgIpc) is 2.49. The molecule has 2 rings (SSSR count). The molecule has 0 aromatic heterocycles. The van der Waals surface area contributed by atoms with Crippen molar-refractivity contribution in [3.8, 4) is 0 Å². The van der Waals surface area contributed by atoms with Gasteiger partial charge in [-0.05, 0) is 24.1 Å². The third kappa shape index (κ3) is 3.05. The van der Waals surface area contributed by atoms with Crippen LogP contribution in [0.3, 0.4) is 0 Å². The van der Waals surface area contributed by atoms with Crippen LogP contribution in [0.15, 0.2) is 54.6 Å². The van der Waals surface area contributed by atoms with E-state index in [9.17, 15) is 14.3 Å². The van der Waals surface area contributed by atoms with Gasteiger partial charge in [-0.15, -0.1) is 0 Å². The van der Waals surface area contributed by atoms with E-state index in [-0.39, 0.29) is 5.69 Å². The van der Waals surface area contributed by atoms with Crippen LogP contribution in [0.2, 0.25) is 0 Å². The lowest BCUT2D eigenvalue weighted by molar-refractivity contribution is -0.143. The molecule has 0 saturated carbocycles. The minimum Gasteiger partial charge on any atom is -0.479 e. The maximum Gasteiger partial charge on any atom is 0.334 e. The van der Waals surface area contributed by atoms with Crippen molar-refractivity contribution < 1.29 is 14.3 Å². The van der Waals surface area contributed by atoms with Crippen molar-refractivity contribution in [1.82, 2.24) is 0 Å². The summed E-state index contributed by atoms with van der Waals surface area (Å²) in [5, 5.41) is 12.7. The molecular weight excluding hydrogens is 269 g/mol. The quantitative estimate of drug-likeness (QED) is 0.843. The van der Waals surface area contributed by atoms with Crippen molar-refractivity contribution in [2.75, 3.05) is 5.32 Å². The number of nitrogens with one attached hydrogen (secondary N) is 1. The standard InChI is InChI=1S/C17H18FNO2/c1-2-12-17(16(20)21,13-8-4-3-5-9-13)19-15-11-7-6-10-14(15)18/h3-11,19H,2,12H2,1H3,(H,20,21). The Morgan fingerprint density at radius 3 is 2.33 bits per heavy atom. The van der Waals surface area contributed by atoms with Crippen LogP contribution in [0.25, 0.3) is 0 Å². The molecule has 110 valence electrons. The first-order chi connectivity index (χ1) is 10.1. The largest absolute Gasteiger partial charge is 0.479 e. The van der Waals surface area contributed by atoms with Gasteiger partial charge < -0.3 is 10.4 Å². The lowest BCUT2D eigenvalue weighted by Crippen LogP contribution is -2.43. The zero-order chi connectivity index (χ0) is 15.3. The van der Waals surface area contributed by atoms with Crippen molar-refractivity contribution in [2.45, 2.75) is 25.3 Å². The van der Waals surface area contributed by atoms with Crippen LogP contribution in [0.4, 0.5) is 10.1 Å². The minimum atomic E-state index is -1.34. The van der Waals surface area contributed by atoms with Crippen LogP contribution in [-0.4, -0.2) is 11.1 Å². The Balaban J connectivity index is 2.50. The van der Waals surface area contributed by atoms with Gasteiger partial charge in [0.05, 0.1) is 5.69 Å². The van der Waals surface area contributed by atoms with Gasteiger partial charge in [-0.1, -0.05) is 55.8 Å². The zero-order valence-corrected chi connectivity index (χ0v) is 11.8. The normalized spacial score (nSPS) is 13.4. The number of rotatable bonds is 6. The van der Waals surface area contributed by atoms with Crippen molar-refractivity contribution >= 4 is 11.7 Å². The molecule has 0 amide bonds. The molecule has 0 heterocycles. The summed E-state index contributed by atoms with van der Waals surface area (Å²) in [5.41, 5.74) is -0.530. The van der Waals surface area contributed by atoms with Gasteiger partial charge in [0.2, 0.25) is 0 Å². The first kappa shape index (κ1) is 15.0. The Morgan fingerprint density at radius 2 is 1.76 bits per heavy atom. The summed E-state index contributed by atoms with van der Waals surface area (Å²) >= 11 is 0. The van der Waals surface area contributed by atoms with E-state index in [0.717, 1.165) is 0 Å². The van der Waals surface area contributed by atoms with Gasteiger partial charge in [0.15, 0.2) is 5.54 Å². The second-order valence-corrected chi connectivity index (χ2v) is 4.93. The lowest BCUT2D eigenvalue weighted by Gasteiger charge is -2.32. The molecule has 4 heteroatoms. The van der Waals surface area contributed by atoms with Gasteiger partial charge in [-0.25, -0.2) is 9.18 Å². The van der Waals surface area contributed by atoms with Gasteiger partial charge in [0, 0.05) is 0 Å². The highest BCUT2D eigenvalue weighted by molar-refractivity contribution is 5.84. The van der Waals surface area contributed by atoms with Crippen molar-refractivity contribution in [2.24, 2.45) is 0 Å². The summed E-state index contributed by atoms with van der Waals surface area (Å²) in [6, 6.07) is 15.0. The Bertz CT molecular complexity index is 615. The molecule has 0 bridgehead atoms. The smallest absolute Gasteiger partial charge is 0.334 e. The molecule has 0 aliphatic rings.